The molecule has 0 radical (unpaired) electrons. The van der Waals surface area contributed by atoms with E-state index in [0.29, 0.717) is 18.9 Å². The monoisotopic (exact) mass is 485 g/mol. The van der Waals surface area contributed by atoms with Crippen LogP contribution < -0.4 is 10.2 Å². The lowest BCUT2D eigenvalue weighted by molar-refractivity contribution is 0.0371. The van der Waals surface area contributed by atoms with E-state index in [9.17, 15) is 5.11 Å². The second-order valence-electron chi connectivity index (χ2n) is 9.39. The summed E-state index contributed by atoms with van der Waals surface area (Å²) in [5, 5.41) is 15.2. The molecular formula is C30H35N3O3. The fourth-order valence-electron chi connectivity index (χ4n) is 4.91. The van der Waals surface area contributed by atoms with Gasteiger partial charge in [0.25, 0.3) is 0 Å². The summed E-state index contributed by atoms with van der Waals surface area (Å²) in [5.41, 5.74) is 9.54. The van der Waals surface area contributed by atoms with Crippen molar-refractivity contribution < 1.29 is 14.6 Å². The van der Waals surface area contributed by atoms with Crippen LogP contribution in [0.5, 0.6) is 11.5 Å². The van der Waals surface area contributed by atoms with Crippen LogP contribution in [0.3, 0.4) is 0 Å². The molecular weight excluding hydrogens is 450 g/mol. The predicted molar refractivity (Wildman–Crippen MR) is 144 cm³/mol. The van der Waals surface area contributed by atoms with Crippen LogP contribution >= 0.6 is 0 Å². The number of unbranched alkanes of at least 4 members (excludes halogenated alkanes) is 3. The Morgan fingerprint density at radius 3 is 2.19 bits per heavy atom. The summed E-state index contributed by atoms with van der Waals surface area (Å²) in [5.74, 6) is 0.924. The van der Waals surface area contributed by atoms with Gasteiger partial charge in [-0.25, -0.2) is 0 Å². The van der Waals surface area contributed by atoms with Gasteiger partial charge in [0.05, 0.1) is 32.1 Å². The SMILES string of the molecule is Oc1cc(OCCCCCCN2CCOCC2)ccc1CNN=C1c2ccccc2-c2ccccc21. The molecule has 0 spiro atoms. The number of nitrogens with one attached hydrogen (secondary N) is 1. The van der Waals surface area contributed by atoms with Gasteiger partial charge >= 0.3 is 0 Å². The Morgan fingerprint density at radius 1 is 0.833 bits per heavy atom. The van der Waals surface area contributed by atoms with Gasteiger partial charge in [-0.15, -0.1) is 0 Å². The second-order valence-corrected chi connectivity index (χ2v) is 9.39. The van der Waals surface area contributed by atoms with Crippen molar-refractivity contribution in [3.05, 3.63) is 83.4 Å². The normalized spacial score (nSPS) is 14.8. The van der Waals surface area contributed by atoms with Crippen LogP contribution in [0.4, 0.5) is 0 Å². The van der Waals surface area contributed by atoms with Crippen molar-refractivity contribution in [1.29, 1.82) is 0 Å². The molecule has 6 nitrogen and oxygen atoms in total. The molecule has 0 aromatic heterocycles. The van der Waals surface area contributed by atoms with E-state index >= 15 is 0 Å². The van der Waals surface area contributed by atoms with Crippen molar-refractivity contribution in [2.45, 2.75) is 32.2 Å². The molecule has 1 fully saturated rings. The minimum absolute atomic E-state index is 0.220. The predicted octanol–water partition coefficient (Wildman–Crippen LogP) is 5.19. The first-order valence-corrected chi connectivity index (χ1v) is 13.0. The molecule has 0 atom stereocenters. The molecule has 2 aliphatic rings. The largest absolute Gasteiger partial charge is 0.507 e. The van der Waals surface area contributed by atoms with Crippen LogP contribution in [0.15, 0.2) is 71.8 Å². The maximum Gasteiger partial charge on any atom is 0.124 e. The maximum absolute atomic E-state index is 10.5. The van der Waals surface area contributed by atoms with Gasteiger partial charge in [-0.05, 0) is 42.6 Å². The number of benzene rings is 3. The van der Waals surface area contributed by atoms with E-state index in [1.54, 1.807) is 6.07 Å². The van der Waals surface area contributed by atoms with Gasteiger partial charge in [0.1, 0.15) is 11.5 Å². The van der Waals surface area contributed by atoms with Crippen LogP contribution in [0, 0.1) is 0 Å². The Hall–Kier alpha value is -3.35. The number of rotatable bonds is 11. The first kappa shape index (κ1) is 24.3. The topological polar surface area (TPSA) is 66.3 Å². The van der Waals surface area contributed by atoms with E-state index in [0.717, 1.165) is 68.1 Å². The molecule has 0 unspecified atom stereocenters. The molecule has 188 valence electrons. The molecule has 36 heavy (non-hydrogen) atoms. The fourth-order valence-corrected chi connectivity index (χ4v) is 4.91. The minimum Gasteiger partial charge on any atom is -0.507 e. The summed E-state index contributed by atoms with van der Waals surface area (Å²) >= 11 is 0. The molecule has 0 amide bonds. The van der Waals surface area contributed by atoms with Crippen LogP contribution in [0.2, 0.25) is 0 Å². The van der Waals surface area contributed by atoms with Crippen LogP contribution in [0.1, 0.15) is 42.4 Å². The quantitative estimate of drug-likeness (QED) is 0.226. The minimum atomic E-state index is 0.220. The van der Waals surface area contributed by atoms with Crippen LogP contribution in [-0.4, -0.2) is 55.2 Å². The third-order valence-corrected chi connectivity index (χ3v) is 6.91. The number of hydrazone groups is 1. The Labute approximate surface area is 213 Å². The second kappa shape index (κ2) is 12.1. The van der Waals surface area contributed by atoms with Gasteiger partial charge in [0.15, 0.2) is 0 Å². The molecule has 6 heteroatoms. The maximum atomic E-state index is 10.5. The third-order valence-electron chi connectivity index (χ3n) is 6.91. The molecule has 1 saturated heterocycles. The Morgan fingerprint density at radius 2 is 1.50 bits per heavy atom. The van der Waals surface area contributed by atoms with Gasteiger partial charge in [-0.1, -0.05) is 61.4 Å². The number of hydrogen-bond acceptors (Lipinski definition) is 6. The molecule has 0 bridgehead atoms. The number of phenolic OH excluding ortho intramolecular Hbond substituents is 1. The molecule has 1 aliphatic carbocycles. The molecule has 3 aromatic carbocycles. The number of ether oxygens (including phenoxy) is 2. The number of nitrogens with zero attached hydrogens (tertiary/aromatic N) is 2. The lowest BCUT2D eigenvalue weighted by Gasteiger charge is -2.26. The van der Waals surface area contributed by atoms with E-state index in [2.05, 4.69) is 46.7 Å². The van der Waals surface area contributed by atoms with Gasteiger partial charge in [0, 0.05) is 35.8 Å². The highest BCUT2D eigenvalue weighted by Gasteiger charge is 2.23. The van der Waals surface area contributed by atoms with E-state index in [1.165, 1.54) is 24.0 Å². The number of aromatic hydroxyl groups is 1. The third kappa shape index (κ3) is 5.89. The van der Waals surface area contributed by atoms with Crippen molar-refractivity contribution in [3.63, 3.8) is 0 Å². The highest BCUT2D eigenvalue weighted by atomic mass is 16.5. The zero-order valence-electron chi connectivity index (χ0n) is 20.8. The van der Waals surface area contributed by atoms with Crippen molar-refractivity contribution in [2.24, 2.45) is 5.10 Å². The van der Waals surface area contributed by atoms with E-state index < -0.39 is 0 Å². The summed E-state index contributed by atoms with van der Waals surface area (Å²) < 4.78 is 11.3. The smallest absolute Gasteiger partial charge is 0.124 e. The Balaban J connectivity index is 1.07. The van der Waals surface area contributed by atoms with Gasteiger partial charge in [-0.3, -0.25) is 4.90 Å². The first-order valence-electron chi connectivity index (χ1n) is 13.0. The Kier molecular flexibility index (Phi) is 8.16. The fraction of sp³-hybridized carbons (Fsp3) is 0.367. The molecule has 5 rings (SSSR count). The van der Waals surface area contributed by atoms with Crippen molar-refractivity contribution >= 4 is 5.71 Å². The first-order chi connectivity index (χ1) is 17.8. The van der Waals surface area contributed by atoms with Crippen molar-refractivity contribution in [3.8, 4) is 22.6 Å². The van der Waals surface area contributed by atoms with Crippen LogP contribution in [-0.2, 0) is 11.3 Å². The summed E-state index contributed by atoms with van der Waals surface area (Å²) in [4.78, 5) is 2.48. The van der Waals surface area contributed by atoms with Crippen molar-refractivity contribution in [1.82, 2.24) is 10.3 Å². The van der Waals surface area contributed by atoms with Gasteiger partial charge < -0.3 is 20.0 Å². The standard InChI is InChI=1S/C30H35N3O3/c34-29-21-24(36-18-8-2-1-7-15-33-16-19-35-20-17-33)14-13-23(29)22-31-32-30-27-11-5-3-9-25(27)26-10-4-6-12-28(26)30/h3-6,9-14,21,31,34H,1-2,7-8,15-20,22H2. The van der Waals surface area contributed by atoms with Gasteiger partial charge in [-0.2, -0.15) is 5.10 Å². The highest BCUT2D eigenvalue weighted by molar-refractivity contribution is 6.24. The van der Waals surface area contributed by atoms with Crippen LogP contribution in [0.25, 0.3) is 11.1 Å². The highest BCUT2D eigenvalue weighted by Crippen LogP contribution is 2.36. The summed E-state index contributed by atoms with van der Waals surface area (Å²) in [6, 6.07) is 22.2. The number of fused-ring (bicyclic) bond motifs is 3. The number of phenols is 1. The summed E-state index contributed by atoms with van der Waals surface area (Å²) in [7, 11) is 0. The average Bonchev–Trinajstić information content (AvgIpc) is 3.24. The molecule has 1 heterocycles. The zero-order valence-corrected chi connectivity index (χ0v) is 20.8. The average molecular weight is 486 g/mol. The number of morpholine rings is 1. The van der Waals surface area contributed by atoms with Gasteiger partial charge in [0.2, 0.25) is 0 Å². The molecule has 1 aliphatic heterocycles. The lowest BCUT2D eigenvalue weighted by Crippen LogP contribution is -2.36. The van der Waals surface area contributed by atoms with E-state index in [1.807, 2.05) is 24.3 Å². The van der Waals surface area contributed by atoms with E-state index in [4.69, 9.17) is 14.6 Å². The molecule has 2 N–H and O–H groups in total. The molecule has 3 aromatic rings. The zero-order chi connectivity index (χ0) is 24.6. The Bertz CT molecular complexity index is 1140. The number of hydrogen-bond donors (Lipinski definition) is 2. The van der Waals surface area contributed by atoms with Crippen molar-refractivity contribution in [2.75, 3.05) is 39.5 Å². The molecule has 0 saturated carbocycles. The van der Waals surface area contributed by atoms with E-state index in [-0.39, 0.29) is 5.75 Å². The summed E-state index contributed by atoms with van der Waals surface area (Å²) in [6.45, 7) is 6.13. The lowest BCUT2D eigenvalue weighted by atomic mass is 10.1. The summed E-state index contributed by atoms with van der Waals surface area (Å²) in [6.07, 6.45) is 4.62.